The smallest absolute Gasteiger partial charge is 0.192 e. The highest BCUT2D eigenvalue weighted by atomic mass is 19.2. The molecule has 1 saturated heterocycles. The van der Waals surface area contributed by atoms with Gasteiger partial charge >= 0.3 is 0 Å². The average Bonchev–Trinajstić information content (AvgIpc) is 2.74. The van der Waals surface area contributed by atoms with E-state index in [4.69, 9.17) is 4.74 Å². The van der Waals surface area contributed by atoms with Crippen LogP contribution in [0.3, 0.4) is 0 Å². The summed E-state index contributed by atoms with van der Waals surface area (Å²) in [6, 6.07) is 7.66. The Bertz CT molecular complexity index is 876. The summed E-state index contributed by atoms with van der Waals surface area (Å²) in [5.41, 5.74) is 1.68. The molecule has 2 N–H and O–H groups in total. The zero-order valence-electron chi connectivity index (χ0n) is 17.7. The maximum Gasteiger partial charge on any atom is 0.192 e. The summed E-state index contributed by atoms with van der Waals surface area (Å²) in [5.74, 6) is -0.182. The molecule has 0 radical (unpaired) electrons. The number of nitrogens with one attached hydrogen (secondary N) is 2. The van der Waals surface area contributed by atoms with Crippen LogP contribution in [-0.4, -0.2) is 43.3 Å². The predicted molar refractivity (Wildman–Crippen MR) is 115 cm³/mol. The lowest BCUT2D eigenvalue weighted by molar-refractivity contribution is 0.0529. The number of aliphatic imine (C=N–C) groups is 1. The lowest BCUT2D eigenvalue weighted by Gasteiger charge is -2.32. The maximum absolute atomic E-state index is 13.5. The Morgan fingerprint density at radius 2 is 2.13 bits per heavy atom. The van der Waals surface area contributed by atoms with E-state index in [0.717, 1.165) is 30.5 Å². The average molecular weight is 418 g/mol. The van der Waals surface area contributed by atoms with E-state index in [2.05, 4.69) is 32.4 Å². The summed E-state index contributed by atoms with van der Waals surface area (Å²) in [7, 11) is 0. The topological polar surface area (TPSA) is 61.8 Å². The van der Waals surface area contributed by atoms with Gasteiger partial charge in [0.15, 0.2) is 17.6 Å². The number of hydrogen-bond acceptors (Lipinski definition) is 4. The zero-order valence-corrected chi connectivity index (χ0v) is 17.7. The van der Waals surface area contributed by atoms with E-state index in [1.54, 1.807) is 12.3 Å². The van der Waals surface area contributed by atoms with Gasteiger partial charge < -0.3 is 20.3 Å². The first-order valence-electron chi connectivity index (χ1n) is 10.3. The van der Waals surface area contributed by atoms with Crippen LogP contribution in [0.1, 0.15) is 37.9 Å². The Kier molecular flexibility index (Phi) is 7.57. The van der Waals surface area contributed by atoms with Crippen LogP contribution < -0.4 is 15.5 Å². The monoisotopic (exact) mass is 417 g/mol. The van der Waals surface area contributed by atoms with Gasteiger partial charge in [-0.25, -0.2) is 18.8 Å². The molecule has 30 heavy (non-hydrogen) atoms. The number of morpholine rings is 1. The zero-order chi connectivity index (χ0) is 21.5. The number of pyridine rings is 1. The fourth-order valence-electron chi connectivity index (χ4n) is 3.32. The molecule has 1 fully saturated rings. The van der Waals surface area contributed by atoms with Crippen molar-refractivity contribution in [1.29, 1.82) is 0 Å². The van der Waals surface area contributed by atoms with Gasteiger partial charge in [-0.2, -0.15) is 0 Å². The number of anilines is 1. The number of guanidine groups is 1. The van der Waals surface area contributed by atoms with Crippen LogP contribution in [-0.2, 0) is 11.3 Å². The van der Waals surface area contributed by atoms with Crippen LogP contribution in [0.5, 0.6) is 0 Å². The summed E-state index contributed by atoms with van der Waals surface area (Å²) in [4.78, 5) is 11.4. The number of nitrogens with zero attached hydrogens (tertiary/aromatic N) is 3. The van der Waals surface area contributed by atoms with Crippen molar-refractivity contribution >= 4 is 11.8 Å². The molecule has 0 amide bonds. The predicted octanol–water partition coefficient (Wildman–Crippen LogP) is 3.40. The summed E-state index contributed by atoms with van der Waals surface area (Å²) >= 11 is 0. The highest BCUT2D eigenvalue weighted by molar-refractivity contribution is 5.80. The Hall–Kier alpha value is -2.74. The molecule has 1 aliphatic heterocycles. The molecule has 1 aromatic heterocycles. The summed E-state index contributed by atoms with van der Waals surface area (Å²) in [6.07, 6.45) is 1.98. The molecule has 1 aromatic carbocycles. The summed E-state index contributed by atoms with van der Waals surface area (Å²) < 4.78 is 32.3. The van der Waals surface area contributed by atoms with Gasteiger partial charge in [0.25, 0.3) is 0 Å². The molecular weight excluding hydrogens is 388 g/mol. The number of ether oxygens (including phenoxy) is 1. The van der Waals surface area contributed by atoms with Crippen LogP contribution in [0.2, 0.25) is 0 Å². The van der Waals surface area contributed by atoms with Crippen LogP contribution in [0.15, 0.2) is 41.5 Å². The first-order valence-corrected chi connectivity index (χ1v) is 10.3. The second-order valence-electron chi connectivity index (χ2n) is 7.38. The molecule has 2 heterocycles. The minimum Gasteiger partial charge on any atom is -0.375 e. The van der Waals surface area contributed by atoms with Gasteiger partial charge in [0.05, 0.1) is 25.3 Å². The third-order valence-electron chi connectivity index (χ3n) is 4.94. The third kappa shape index (κ3) is 5.89. The number of halogens is 2. The van der Waals surface area contributed by atoms with Crippen LogP contribution in [0, 0.1) is 11.6 Å². The Labute approximate surface area is 176 Å². The van der Waals surface area contributed by atoms with E-state index in [9.17, 15) is 8.78 Å². The molecule has 2 aromatic rings. The van der Waals surface area contributed by atoms with Gasteiger partial charge in [-0.3, -0.25) is 0 Å². The van der Waals surface area contributed by atoms with E-state index in [-0.39, 0.29) is 12.1 Å². The number of rotatable bonds is 6. The van der Waals surface area contributed by atoms with E-state index in [1.165, 1.54) is 6.07 Å². The molecule has 0 saturated carbocycles. The highest BCUT2D eigenvalue weighted by Gasteiger charge is 2.18. The van der Waals surface area contributed by atoms with Crippen LogP contribution in [0.4, 0.5) is 14.6 Å². The maximum atomic E-state index is 13.5. The van der Waals surface area contributed by atoms with E-state index in [0.29, 0.717) is 31.2 Å². The van der Waals surface area contributed by atoms with Crippen molar-refractivity contribution in [1.82, 2.24) is 15.6 Å². The lowest BCUT2D eigenvalue weighted by Crippen LogP contribution is -2.41. The van der Waals surface area contributed by atoms with Gasteiger partial charge in [-0.15, -0.1) is 0 Å². The highest BCUT2D eigenvalue weighted by Crippen LogP contribution is 2.18. The van der Waals surface area contributed by atoms with Crippen LogP contribution in [0.25, 0.3) is 0 Å². The fraction of sp³-hybridized carbons (Fsp3) is 0.455. The van der Waals surface area contributed by atoms with Gasteiger partial charge in [-0.05, 0) is 56.2 Å². The molecule has 8 heteroatoms. The number of aromatic nitrogens is 1. The Morgan fingerprint density at radius 3 is 2.87 bits per heavy atom. The molecular formula is C22H29F2N5O. The molecule has 2 atom stereocenters. The van der Waals surface area contributed by atoms with Crippen molar-refractivity contribution in [3.63, 3.8) is 0 Å². The van der Waals surface area contributed by atoms with Crippen LogP contribution >= 0.6 is 0 Å². The minimum absolute atomic E-state index is 0.185. The van der Waals surface area contributed by atoms with E-state index < -0.39 is 11.6 Å². The normalized spacial score (nSPS) is 18.2. The van der Waals surface area contributed by atoms with E-state index >= 15 is 0 Å². The van der Waals surface area contributed by atoms with Gasteiger partial charge in [0.1, 0.15) is 5.82 Å². The van der Waals surface area contributed by atoms with E-state index in [1.807, 2.05) is 26.0 Å². The first-order chi connectivity index (χ1) is 14.5. The second-order valence-corrected chi connectivity index (χ2v) is 7.38. The molecule has 1 aliphatic rings. The van der Waals surface area contributed by atoms with Gasteiger partial charge in [-0.1, -0.05) is 6.07 Å². The standard InChI is InChI=1S/C22H29F2N5O/c1-4-25-22(28-16(3)18-5-6-19(23)20(24)12-18)27-13-17-7-8-26-21(11-17)29-9-10-30-15(2)14-29/h5-8,11-12,15-16H,4,9-10,13-14H2,1-3H3,(H2,25,27,28). The molecule has 6 nitrogen and oxygen atoms in total. The number of hydrogen-bond donors (Lipinski definition) is 2. The fourth-order valence-corrected chi connectivity index (χ4v) is 3.32. The molecule has 3 rings (SSSR count). The van der Waals surface area contributed by atoms with Gasteiger partial charge in [0, 0.05) is 25.8 Å². The lowest BCUT2D eigenvalue weighted by atomic mass is 10.1. The van der Waals surface area contributed by atoms with Crippen molar-refractivity contribution in [2.24, 2.45) is 4.99 Å². The Morgan fingerprint density at radius 1 is 1.30 bits per heavy atom. The van der Waals surface area contributed by atoms with Crippen molar-refractivity contribution in [2.45, 2.75) is 39.5 Å². The molecule has 0 bridgehead atoms. The summed E-state index contributed by atoms with van der Waals surface area (Å²) in [5, 5.41) is 6.43. The summed E-state index contributed by atoms with van der Waals surface area (Å²) in [6.45, 7) is 9.39. The van der Waals surface area contributed by atoms with Crippen molar-refractivity contribution < 1.29 is 13.5 Å². The van der Waals surface area contributed by atoms with Crippen molar-refractivity contribution in [3.05, 3.63) is 59.3 Å². The van der Waals surface area contributed by atoms with Crippen molar-refractivity contribution in [2.75, 3.05) is 31.1 Å². The largest absolute Gasteiger partial charge is 0.375 e. The molecule has 162 valence electrons. The van der Waals surface area contributed by atoms with Gasteiger partial charge in [0.2, 0.25) is 0 Å². The second kappa shape index (κ2) is 10.3. The quantitative estimate of drug-likeness (QED) is 0.557. The molecule has 0 aliphatic carbocycles. The first kappa shape index (κ1) is 22.0. The van der Waals surface area contributed by atoms with Crippen molar-refractivity contribution in [3.8, 4) is 0 Å². The molecule has 2 unspecified atom stereocenters. The number of benzene rings is 1. The minimum atomic E-state index is -0.857. The third-order valence-corrected chi connectivity index (χ3v) is 4.94. The molecule has 0 spiro atoms. The SMILES string of the molecule is CCNC(=NCc1ccnc(N2CCOC(C)C2)c1)NC(C)c1ccc(F)c(F)c1. The Balaban J connectivity index is 1.68.